The van der Waals surface area contributed by atoms with Crippen molar-refractivity contribution in [2.24, 2.45) is 0 Å². The molecular formula is C31H38ClN3O4S. The molecule has 0 fully saturated rings. The van der Waals surface area contributed by atoms with Gasteiger partial charge in [-0.1, -0.05) is 73.5 Å². The van der Waals surface area contributed by atoms with E-state index >= 15 is 0 Å². The quantitative estimate of drug-likeness (QED) is 0.289. The molecule has 2 atom stereocenters. The van der Waals surface area contributed by atoms with Crippen molar-refractivity contribution in [3.8, 4) is 0 Å². The van der Waals surface area contributed by atoms with E-state index in [1.54, 1.807) is 48.5 Å². The maximum atomic E-state index is 14.1. The number of anilines is 1. The number of nitrogens with one attached hydrogen (secondary N) is 1. The lowest BCUT2D eigenvalue weighted by atomic mass is 10.1. The summed E-state index contributed by atoms with van der Waals surface area (Å²) in [6.45, 7) is 8.99. The minimum absolute atomic E-state index is 0.0528. The molecule has 1 N–H and O–H groups in total. The molecular weight excluding hydrogens is 546 g/mol. The number of rotatable bonds is 12. The third-order valence-corrected chi connectivity index (χ3v) is 9.02. The van der Waals surface area contributed by atoms with Crippen molar-refractivity contribution >= 4 is 39.1 Å². The third-order valence-electron chi connectivity index (χ3n) is 6.86. The average molecular weight is 584 g/mol. The summed E-state index contributed by atoms with van der Waals surface area (Å²) in [6, 6.07) is 19.7. The first-order valence-electron chi connectivity index (χ1n) is 13.5. The monoisotopic (exact) mass is 583 g/mol. The van der Waals surface area contributed by atoms with Crippen molar-refractivity contribution in [1.82, 2.24) is 10.2 Å². The standard InChI is InChI=1S/C31H38ClN3O4S/c1-6-24(5)33-31(37)29(7-2)34(20-25-12-8-9-14-28(25)32)30(36)21-35(26-13-10-11-23(4)19-26)40(38,39)27-17-15-22(3)16-18-27/h8-19,24,29H,6-7,20-21H2,1-5H3,(H,33,37)/t24-,29-/m0/s1. The second-order valence-electron chi connectivity index (χ2n) is 10.0. The van der Waals surface area contributed by atoms with Crippen LogP contribution < -0.4 is 9.62 Å². The van der Waals surface area contributed by atoms with Gasteiger partial charge in [-0.2, -0.15) is 0 Å². The lowest BCUT2D eigenvalue weighted by Crippen LogP contribution is -2.53. The number of hydrogen-bond acceptors (Lipinski definition) is 4. The highest BCUT2D eigenvalue weighted by Gasteiger charge is 2.34. The molecule has 0 aromatic heterocycles. The van der Waals surface area contributed by atoms with E-state index in [1.165, 1.54) is 17.0 Å². The Kier molecular flexibility index (Phi) is 10.8. The summed E-state index contributed by atoms with van der Waals surface area (Å²) >= 11 is 6.45. The number of carbonyl (C=O) groups excluding carboxylic acids is 2. The molecule has 3 aromatic rings. The van der Waals surface area contributed by atoms with Crippen LogP contribution in [-0.4, -0.2) is 43.8 Å². The fraction of sp³-hybridized carbons (Fsp3) is 0.355. The van der Waals surface area contributed by atoms with Gasteiger partial charge in [0.15, 0.2) is 0 Å². The number of amides is 2. The number of sulfonamides is 1. The number of benzene rings is 3. The van der Waals surface area contributed by atoms with Crippen LogP contribution >= 0.6 is 11.6 Å². The van der Waals surface area contributed by atoms with Crippen LogP contribution in [0, 0.1) is 13.8 Å². The number of aryl methyl sites for hydroxylation is 2. The molecule has 7 nitrogen and oxygen atoms in total. The average Bonchev–Trinajstić information content (AvgIpc) is 2.92. The van der Waals surface area contributed by atoms with E-state index < -0.39 is 28.5 Å². The van der Waals surface area contributed by atoms with E-state index in [4.69, 9.17) is 11.6 Å². The molecule has 0 unspecified atom stereocenters. The molecule has 0 saturated heterocycles. The van der Waals surface area contributed by atoms with Gasteiger partial charge in [-0.15, -0.1) is 0 Å². The van der Waals surface area contributed by atoms with Gasteiger partial charge in [0.2, 0.25) is 11.8 Å². The molecule has 2 amide bonds. The van der Waals surface area contributed by atoms with Gasteiger partial charge in [0.1, 0.15) is 12.6 Å². The number of halogens is 1. The Morgan fingerprint density at radius 2 is 1.57 bits per heavy atom. The van der Waals surface area contributed by atoms with E-state index in [0.717, 1.165) is 21.9 Å². The zero-order chi connectivity index (χ0) is 29.4. The summed E-state index contributed by atoms with van der Waals surface area (Å²) in [5.41, 5.74) is 2.79. The van der Waals surface area contributed by atoms with Crippen LogP contribution in [0.4, 0.5) is 5.69 Å². The summed E-state index contributed by atoms with van der Waals surface area (Å²) in [7, 11) is -4.11. The fourth-order valence-corrected chi connectivity index (χ4v) is 5.92. The van der Waals surface area contributed by atoms with Gasteiger partial charge in [-0.3, -0.25) is 13.9 Å². The lowest BCUT2D eigenvalue weighted by molar-refractivity contribution is -0.140. The second-order valence-corrected chi connectivity index (χ2v) is 12.3. The fourth-order valence-electron chi connectivity index (χ4n) is 4.32. The first-order valence-corrected chi connectivity index (χ1v) is 15.3. The van der Waals surface area contributed by atoms with Gasteiger partial charge < -0.3 is 10.2 Å². The molecule has 0 heterocycles. The highest BCUT2D eigenvalue weighted by atomic mass is 35.5. The number of hydrogen-bond donors (Lipinski definition) is 1. The van der Waals surface area contributed by atoms with Gasteiger partial charge in [-0.25, -0.2) is 8.42 Å². The predicted molar refractivity (Wildman–Crippen MR) is 161 cm³/mol. The summed E-state index contributed by atoms with van der Waals surface area (Å²) < 4.78 is 29.0. The van der Waals surface area contributed by atoms with Crippen molar-refractivity contribution in [2.45, 2.75) is 71.0 Å². The molecule has 0 aliphatic heterocycles. The topological polar surface area (TPSA) is 86.8 Å². The highest BCUT2D eigenvalue weighted by Crippen LogP contribution is 2.26. The van der Waals surface area contributed by atoms with Crippen LogP contribution in [0.3, 0.4) is 0 Å². The highest BCUT2D eigenvalue weighted by molar-refractivity contribution is 7.92. The minimum atomic E-state index is -4.11. The van der Waals surface area contributed by atoms with E-state index in [2.05, 4.69) is 5.32 Å². The second kappa shape index (κ2) is 13.8. The smallest absolute Gasteiger partial charge is 0.264 e. The van der Waals surface area contributed by atoms with Gasteiger partial charge >= 0.3 is 0 Å². The van der Waals surface area contributed by atoms with Crippen LogP contribution in [0.25, 0.3) is 0 Å². The summed E-state index contributed by atoms with van der Waals surface area (Å²) in [5.74, 6) is -0.802. The molecule has 0 spiro atoms. The first kappa shape index (κ1) is 31.2. The molecule has 0 saturated carbocycles. The zero-order valence-electron chi connectivity index (χ0n) is 23.7. The molecule has 0 radical (unpaired) electrons. The SMILES string of the molecule is CC[C@H](C)NC(=O)[C@H](CC)N(Cc1ccccc1Cl)C(=O)CN(c1cccc(C)c1)S(=O)(=O)c1ccc(C)cc1. The predicted octanol–water partition coefficient (Wildman–Crippen LogP) is 5.87. The Morgan fingerprint density at radius 3 is 2.17 bits per heavy atom. The van der Waals surface area contributed by atoms with Gasteiger partial charge in [0.25, 0.3) is 10.0 Å². The molecule has 3 rings (SSSR count). The summed E-state index contributed by atoms with van der Waals surface area (Å²) in [4.78, 5) is 29.0. The van der Waals surface area contributed by atoms with E-state index in [9.17, 15) is 18.0 Å². The number of carbonyl (C=O) groups is 2. The Bertz CT molecular complexity index is 1430. The van der Waals surface area contributed by atoms with Crippen LogP contribution in [0.5, 0.6) is 0 Å². The number of nitrogens with zero attached hydrogens (tertiary/aromatic N) is 2. The van der Waals surface area contributed by atoms with Gasteiger partial charge in [0, 0.05) is 17.6 Å². The molecule has 3 aromatic carbocycles. The molecule has 214 valence electrons. The van der Waals surface area contributed by atoms with Crippen molar-refractivity contribution < 1.29 is 18.0 Å². The van der Waals surface area contributed by atoms with Crippen molar-refractivity contribution in [3.63, 3.8) is 0 Å². The van der Waals surface area contributed by atoms with Gasteiger partial charge in [0.05, 0.1) is 10.6 Å². The Balaban J connectivity index is 2.07. The summed E-state index contributed by atoms with van der Waals surface area (Å²) in [5, 5.41) is 3.43. The normalized spacial score (nSPS) is 12.8. The zero-order valence-corrected chi connectivity index (χ0v) is 25.3. The molecule has 0 bridgehead atoms. The van der Waals surface area contributed by atoms with E-state index in [-0.39, 0.29) is 23.4 Å². The van der Waals surface area contributed by atoms with E-state index in [1.807, 2.05) is 46.8 Å². The van der Waals surface area contributed by atoms with Crippen LogP contribution in [-0.2, 0) is 26.2 Å². The third kappa shape index (κ3) is 7.64. The molecule has 9 heteroatoms. The van der Waals surface area contributed by atoms with Crippen molar-refractivity contribution in [3.05, 3.63) is 94.5 Å². The maximum Gasteiger partial charge on any atom is 0.264 e. The lowest BCUT2D eigenvalue weighted by Gasteiger charge is -2.34. The molecule has 0 aliphatic carbocycles. The first-order chi connectivity index (χ1) is 19.0. The van der Waals surface area contributed by atoms with Crippen molar-refractivity contribution in [2.75, 3.05) is 10.8 Å². The summed E-state index contributed by atoms with van der Waals surface area (Å²) in [6.07, 6.45) is 1.07. The Hall–Kier alpha value is -3.36. The van der Waals surface area contributed by atoms with Gasteiger partial charge in [-0.05, 0) is 75.1 Å². The maximum absolute atomic E-state index is 14.1. The molecule has 0 aliphatic rings. The van der Waals surface area contributed by atoms with E-state index in [0.29, 0.717) is 22.7 Å². The largest absolute Gasteiger partial charge is 0.352 e. The Morgan fingerprint density at radius 1 is 0.900 bits per heavy atom. The Labute approximate surface area is 243 Å². The van der Waals surface area contributed by atoms with Crippen molar-refractivity contribution in [1.29, 1.82) is 0 Å². The van der Waals surface area contributed by atoms with Crippen LogP contribution in [0.2, 0.25) is 5.02 Å². The van der Waals surface area contributed by atoms with Crippen LogP contribution in [0.15, 0.2) is 77.7 Å². The van der Waals surface area contributed by atoms with Crippen LogP contribution in [0.1, 0.15) is 50.3 Å². The minimum Gasteiger partial charge on any atom is -0.352 e. The molecule has 40 heavy (non-hydrogen) atoms.